The molecule has 0 amide bonds. The molecule has 0 aliphatic rings. The van der Waals surface area contributed by atoms with Gasteiger partial charge in [0.1, 0.15) is 0 Å². The Labute approximate surface area is 142 Å². The van der Waals surface area contributed by atoms with Crippen molar-refractivity contribution < 1.29 is 24.6 Å². The lowest BCUT2D eigenvalue weighted by molar-refractivity contribution is 0.0382. The zero-order valence-electron chi connectivity index (χ0n) is 14.2. The topological polar surface area (TPSA) is 91.9 Å². The van der Waals surface area contributed by atoms with Crippen molar-refractivity contribution in [2.24, 2.45) is 0 Å². The second kappa shape index (κ2) is 6.70. The molecule has 0 aliphatic heterocycles. The number of aromatic hydroxyl groups is 2. The summed E-state index contributed by atoms with van der Waals surface area (Å²) >= 11 is 0. The van der Waals surface area contributed by atoms with E-state index < -0.39 is 14.3 Å². The number of aromatic nitrogens is 1. The predicted octanol–water partition coefficient (Wildman–Crippen LogP) is 2.13. The monoisotopic (exact) mass is 349 g/mol. The van der Waals surface area contributed by atoms with Crippen LogP contribution in [-0.4, -0.2) is 34.0 Å². The average molecular weight is 349 g/mol. The van der Waals surface area contributed by atoms with Gasteiger partial charge in [0.15, 0.2) is 0 Å². The fourth-order valence-corrected chi connectivity index (χ4v) is 6.20. The highest BCUT2D eigenvalue weighted by molar-refractivity contribution is 6.87. The predicted molar refractivity (Wildman–Crippen MR) is 92.9 cm³/mol. The molecule has 1 aromatic carbocycles. The number of benzene rings is 1. The minimum atomic E-state index is -2.66. The van der Waals surface area contributed by atoms with Crippen molar-refractivity contribution in [3.8, 4) is 11.8 Å². The van der Waals surface area contributed by atoms with Crippen LogP contribution in [0.3, 0.4) is 0 Å². The molecule has 0 spiro atoms. The Kier molecular flexibility index (Phi) is 5.05. The van der Waals surface area contributed by atoms with Crippen LogP contribution in [0.5, 0.6) is 11.8 Å². The summed E-state index contributed by atoms with van der Waals surface area (Å²) in [5.41, 5.74) is 0.545. The fraction of sp³-hybridized carbons (Fsp3) is 0.353. The zero-order chi connectivity index (χ0) is 18.1. The summed E-state index contributed by atoms with van der Waals surface area (Å²) in [7, 11) is -2.66. The average Bonchev–Trinajstić information content (AvgIpc) is 2.85. The summed E-state index contributed by atoms with van der Waals surface area (Å²) in [4.78, 5) is 28.2. The van der Waals surface area contributed by atoms with Gasteiger partial charge >= 0.3 is 5.97 Å². The van der Waals surface area contributed by atoms with E-state index in [1.807, 2.05) is 27.7 Å². The van der Waals surface area contributed by atoms with E-state index in [1.54, 1.807) is 24.3 Å². The van der Waals surface area contributed by atoms with Gasteiger partial charge in [0.05, 0.1) is 5.56 Å². The first-order valence-electron chi connectivity index (χ1n) is 7.83. The largest absolute Gasteiger partial charge is 0.492 e. The van der Waals surface area contributed by atoms with E-state index in [1.165, 1.54) is 12.1 Å². The van der Waals surface area contributed by atoms with Crippen LogP contribution >= 0.6 is 0 Å². The molecule has 1 heterocycles. The molecule has 130 valence electrons. The Bertz CT molecular complexity index is 694. The maximum atomic E-state index is 12.1. The Balaban J connectivity index is 2.24. The van der Waals surface area contributed by atoms with Crippen LogP contribution in [-0.2, 0) is 0 Å². The second-order valence-corrected chi connectivity index (χ2v) is 11.0. The van der Waals surface area contributed by atoms with E-state index in [0.717, 1.165) is 5.19 Å². The zero-order valence-corrected chi connectivity index (χ0v) is 15.2. The molecular formula is C17H23NO5Si. The van der Waals surface area contributed by atoms with Crippen LogP contribution in [0.25, 0.3) is 0 Å². The minimum Gasteiger partial charge on any atom is -0.492 e. The van der Waals surface area contributed by atoms with Crippen LogP contribution in [0, 0.1) is 0 Å². The second-order valence-electron chi connectivity index (χ2n) is 6.43. The van der Waals surface area contributed by atoms with E-state index >= 15 is 0 Å². The van der Waals surface area contributed by atoms with Crippen LogP contribution in [0.2, 0.25) is 11.1 Å². The molecule has 2 aromatic rings. The van der Waals surface area contributed by atoms with Crippen LogP contribution in [0.4, 0.5) is 0 Å². The molecule has 0 saturated carbocycles. The van der Waals surface area contributed by atoms with E-state index in [-0.39, 0.29) is 28.4 Å². The first-order valence-corrected chi connectivity index (χ1v) is 9.93. The van der Waals surface area contributed by atoms with E-state index in [4.69, 9.17) is 4.84 Å². The Hall–Kier alpha value is -2.25. The molecule has 2 rings (SSSR count). The van der Waals surface area contributed by atoms with Gasteiger partial charge in [-0.25, -0.2) is 4.79 Å². The van der Waals surface area contributed by atoms with Crippen LogP contribution < -0.4 is 10.0 Å². The van der Waals surface area contributed by atoms with Crippen molar-refractivity contribution in [3.63, 3.8) is 0 Å². The highest BCUT2D eigenvalue weighted by Crippen LogP contribution is 2.29. The van der Waals surface area contributed by atoms with Gasteiger partial charge < -0.3 is 19.8 Å². The van der Waals surface area contributed by atoms with Crippen molar-refractivity contribution in [1.29, 1.82) is 0 Å². The first kappa shape index (κ1) is 18.1. The van der Waals surface area contributed by atoms with E-state index in [2.05, 4.69) is 0 Å². The minimum absolute atomic E-state index is 0.143. The maximum Gasteiger partial charge on any atom is 0.363 e. The van der Waals surface area contributed by atoms with Crippen molar-refractivity contribution in [2.45, 2.75) is 38.8 Å². The summed E-state index contributed by atoms with van der Waals surface area (Å²) in [6.07, 6.45) is 0. The summed E-state index contributed by atoms with van der Waals surface area (Å²) < 4.78 is 0.642. The SMILES string of the molecule is CC(C)[Si](O)(c1ccc(C(=O)On2c(O)ccc2O)cc1)C(C)C. The summed E-state index contributed by atoms with van der Waals surface area (Å²) in [6, 6.07) is 9.08. The molecule has 0 bridgehead atoms. The quantitative estimate of drug-likeness (QED) is 0.719. The number of rotatable bonds is 5. The van der Waals surface area contributed by atoms with Gasteiger partial charge in [-0.2, -0.15) is 0 Å². The highest BCUT2D eigenvalue weighted by atomic mass is 28.4. The van der Waals surface area contributed by atoms with Crippen LogP contribution in [0.15, 0.2) is 36.4 Å². The lowest BCUT2D eigenvalue weighted by Gasteiger charge is -2.33. The van der Waals surface area contributed by atoms with Gasteiger partial charge in [-0.15, -0.1) is 4.73 Å². The third kappa shape index (κ3) is 3.18. The Morgan fingerprint density at radius 1 is 0.958 bits per heavy atom. The lowest BCUT2D eigenvalue weighted by atomic mass is 10.2. The third-order valence-corrected chi connectivity index (χ3v) is 9.09. The summed E-state index contributed by atoms with van der Waals surface area (Å²) in [6.45, 7) is 8.02. The van der Waals surface area contributed by atoms with Gasteiger partial charge in [-0.1, -0.05) is 39.8 Å². The molecule has 0 atom stereocenters. The van der Waals surface area contributed by atoms with E-state index in [0.29, 0.717) is 4.73 Å². The normalized spacial score (nSPS) is 12.0. The fourth-order valence-electron chi connectivity index (χ4n) is 2.84. The number of carbonyl (C=O) groups excluding carboxylic acids is 1. The molecule has 0 unspecified atom stereocenters. The van der Waals surface area contributed by atoms with Gasteiger partial charge in [0, 0.05) is 12.1 Å². The van der Waals surface area contributed by atoms with Crippen molar-refractivity contribution in [1.82, 2.24) is 4.73 Å². The third-order valence-electron chi connectivity index (χ3n) is 4.32. The molecule has 0 saturated heterocycles. The summed E-state index contributed by atoms with van der Waals surface area (Å²) in [5.74, 6) is -1.47. The molecule has 1 aromatic heterocycles. The Morgan fingerprint density at radius 2 is 1.42 bits per heavy atom. The van der Waals surface area contributed by atoms with Gasteiger partial charge in [0.2, 0.25) is 20.1 Å². The highest BCUT2D eigenvalue weighted by Gasteiger charge is 2.40. The van der Waals surface area contributed by atoms with Crippen molar-refractivity contribution >= 4 is 19.5 Å². The number of carbonyl (C=O) groups is 1. The lowest BCUT2D eigenvalue weighted by Crippen LogP contribution is -2.53. The van der Waals surface area contributed by atoms with Crippen LogP contribution in [0.1, 0.15) is 38.1 Å². The van der Waals surface area contributed by atoms with Gasteiger partial charge in [-0.05, 0) is 28.4 Å². The molecule has 24 heavy (non-hydrogen) atoms. The molecule has 3 N–H and O–H groups in total. The smallest absolute Gasteiger partial charge is 0.363 e. The number of hydrogen-bond acceptors (Lipinski definition) is 5. The summed E-state index contributed by atoms with van der Waals surface area (Å²) in [5, 5.41) is 19.9. The van der Waals surface area contributed by atoms with Crippen molar-refractivity contribution in [2.75, 3.05) is 0 Å². The molecule has 0 radical (unpaired) electrons. The molecular weight excluding hydrogens is 326 g/mol. The Morgan fingerprint density at radius 3 is 1.83 bits per heavy atom. The molecule has 0 fully saturated rings. The number of nitrogens with zero attached hydrogens (tertiary/aromatic N) is 1. The van der Waals surface area contributed by atoms with Crippen molar-refractivity contribution in [3.05, 3.63) is 42.0 Å². The standard InChI is InChI=1S/C17H23NO5Si/c1-11(2)24(22,12(3)4)14-7-5-13(6-8-14)17(21)23-18-15(19)9-10-16(18)20/h5-12,19-20,22H,1-4H3. The van der Waals surface area contributed by atoms with Gasteiger partial charge in [-0.3, -0.25) is 0 Å². The maximum absolute atomic E-state index is 12.1. The van der Waals surface area contributed by atoms with E-state index in [9.17, 15) is 19.8 Å². The van der Waals surface area contributed by atoms with Gasteiger partial charge in [0.25, 0.3) is 0 Å². The molecule has 0 aliphatic carbocycles. The molecule has 6 nitrogen and oxygen atoms in total. The first-order chi connectivity index (χ1) is 11.2. The number of hydrogen-bond donors (Lipinski definition) is 3. The molecule has 7 heteroatoms.